The molecule has 6 rings (SSSR count). The number of imide groups is 1. The van der Waals surface area contributed by atoms with E-state index in [-0.39, 0.29) is 40.9 Å². The molecule has 3 aliphatic carbocycles. The summed E-state index contributed by atoms with van der Waals surface area (Å²) < 4.78 is 0. The number of anilines is 1. The number of hydrogen-bond donors (Lipinski definition) is 0. The number of fused-ring (bicyclic) bond motifs is 3. The molecule has 2 bridgehead atoms. The fraction of sp³-hybridized carbons (Fsp3) is 0.304. The Balaban J connectivity index is 1.36. The van der Waals surface area contributed by atoms with Crippen LogP contribution < -0.4 is 4.90 Å². The summed E-state index contributed by atoms with van der Waals surface area (Å²) in [6.07, 6.45) is 5.50. The van der Waals surface area contributed by atoms with E-state index in [4.69, 9.17) is 11.6 Å². The largest absolute Gasteiger partial charge is 0.274 e. The van der Waals surface area contributed by atoms with Gasteiger partial charge in [-0.25, -0.2) is 0 Å². The van der Waals surface area contributed by atoms with Gasteiger partial charge in [-0.15, -0.1) is 0 Å². The number of benzene rings is 2. The Morgan fingerprint density at radius 3 is 2.04 bits per heavy atom. The molecule has 0 unspecified atom stereocenters. The highest BCUT2D eigenvalue weighted by atomic mass is 35.5. The van der Waals surface area contributed by atoms with E-state index in [1.165, 1.54) is 10.5 Å². The molecule has 3 nitrogen and oxygen atoms in total. The molecule has 1 spiro atoms. The number of rotatable bonds is 2. The Bertz CT molecular complexity index is 965. The quantitative estimate of drug-likeness (QED) is 0.575. The Morgan fingerprint density at radius 1 is 0.852 bits per heavy atom. The number of allylic oxidation sites excluding steroid dienone is 2. The molecule has 27 heavy (non-hydrogen) atoms. The molecule has 0 radical (unpaired) electrons. The van der Waals surface area contributed by atoms with E-state index in [9.17, 15) is 9.59 Å². The molecule has 5 atom stereocenters. The molecule has 1 saturated heterocycles. The molecule has 134 valence electrons. The minimum atomic E-state index is -0.211. The smallest absolute Gasteiger partial charge is 0.238 e. The minimum Gasteiger partial charge on any atom is -0.274 e. The highest BCUT2D eigenvalue weighted by molar-refractivity contribution is 6.30. The summed E-state index contributed by atoms with van der Waals surface area (Å²) in [5.74, 6) is 0.301. The van der Waals surface area contributed by atoms with E-state index in [2.05, 4.69) is 36.4 Å². The minimum absolute atomic E-state index is 0.0396. The van der Waals surface area contributed by atoms with Crippen LogP contribution in [-0.4, -0.2) is 11.8 Å². The average Bonchev–Trinajstić information content (AvgIpc) is 3.17. The van der Waals surface area contributed by atoms with E-state index in [0.717, 1.165) is 6.42 Å². The van der Waals surface area contributed by atoms with Gasteiger partial charge in [0.1, 0.15) is 0 Å². The monoisotopic (exact) mass is 375 g/mol. The number of amides is 2. The zero-order chi connectivity index (χ0) is 18.3. The third-order valence-electron chi connectivity index (χ3n) is 7.27. The van der Waals surface area contributed by atoms with E-state index in [1.54, 1.807) is 24.3 Å². The number of halogens is 1. The van der Waals surface area contributed by atoms with Crippen molar-refractivity contribution in [1.82, 2.24) is 0 Å². The maximum absolute atomic E-state index is 13.3. The van der Waals surface area contributed by atoms with Crippen molar-refractivity contribution in [3.63, 3.8) is 0 Å². The van der Waals surface area contributed by atoms with Crippen LogP contribution in [-0.2, 0) is 9.59 Å². The molecule has 3 fully saturated rings. The van der Waals surface area contributed by atoms with Gasteiger partial charge in [0.15, 0.2) is 0 Å². The maximum Gasteiger partial charge on any atom is 0.238 e. The average molecular weight is 376 g/mol. The molecule has 0 N–H and O–H groups in total. The standard InChI is InChI=1S/C23H18ClNO2/c24-14-6-8-15(9-7-14)25-21(26)19-16-10-11-17(20(19)22(25)27)23(16)12-18(23)13-4-2-1-3-5-13/h1-11,16-20H,12H2/t16-,17-,18+,19-,20-/m1/s1. The molecular weight excluding hydrogens is 358 g/mol. The Kier molecular flexibility index (Phi) is 2.96. The van der Waals surface area contributed by atoms with Gasteiger partial charge in [-0.3, -0.25) is 14.5 Å². The molecular formula is C23H18ClNO2. The lowest BCUT2D eigenvalue weighted by Crippen LogP contribution is -2.35. The number of carbonyl (C=O) groups excluding carboxylic acids is 2. The van der Waals surface area contributed by atoms with Crippen LogP contribution in [0, 0.1) is 29.1 Å². The summed E-state index contributed by atoms with van der Waals surface area (Å²) in [5, 5.41) is 0.599. The normalized spacial score (nSPS) is 38.1. The van der Waals surface area contributed by atoms with Gasteiger partial charge in [0.25, 0.3) is 0 Å². The first-order chi connectivity index (χ1) is 13.1. The molecule has 1 aliphatic heterocycles. The molecule has 2 aromatic carbocycles. The van der Waals surface area contributed by atoms with Gasteiger partial charge in [-0.1, -0.05) is 54.1 Å². The van der Waals surface area contributed by atoms with E-state index in [1.807, 2.05) is 6.07 Å². The maximum atomic E-state index is 13.3. The Labute approximate surface area is 162 Å². The van der Waals surface area contributed by atoms with Crippen LogP contribution >= 0.6 is 11.6 Å². The van der Waals surface area contributed by atoms with Gasteiger partial charge in [0, 0.05) is 5.02 Å². The van der Waals surface area contributed by atoms with Crippen LogP contribution in [0.5, 0.6) is 0 Å². The Morgan fingerprint density at radius 2 is 1.44 bits per heavy atom. The topological polar surface area (TPSA) is 37.4 Å². The lowest BCUT2D eigenvalue weighted by Gasteiger charge is -2.23. The highest BCUT2D eigenvalue weighted by Crippen LogP contribution is 2.79. The number of carbonyl (C=O) groups is 2. The first-order valence-corrected chi connectivity index (χ1v) is 9.87. The van der Waals surface area contributed by atoms with E-state index in [0.29, 0.717) is 16.6 Å². The van der Waals surface area contributed by atoms with Crippen molar-refractivity contribution in [2.75, 3.05) is 4.90 Å². The van der Waals surface area contributed by atoms with Crippen molar-refractivity contribution < 1.29 is 9.59 Å². The van der Waals surface area contributed by atoms with Crippen molar-refractivity contribution in [1.29, 1.82) is 0 Å². The molecule has 4 aliphatic rings. The summed E-state index contributed by atoms with van der Waals surface area (Å²) in [6, 6.07) is 17.5. The van der Waals surface area contributed by atoms with Gasteiger partial charge in [-0.05, 0) is 59.4 Å². The third-order valence-corrected chi connectivity index (χ3v) is 7.52. The van der Waals surface area contributed by atoms with Crippen molar-refractivity contribution in [3.8, 4) is 0 Å². The summed E-state index contributed by atoms with van der Waals surface area (Å²) in [5.41, 5.74) is 2.05. The highest BCUT2D eigenvalue weighted by Gasteiger charge is 2.77. The van der Waals surface area contributed by atoms with Crippen LogP contribution in [0.2, 0.25) is 5.02 Å². The third kappa shape index (κ3) is 1.83. The fourth-order valence-corrected chi connectivity index (χ4v) is 6.31. The first-order valence-electron chi connectivity index (χ1n) is 9.49. The summed E-state index contributed by atoms with van der Waals surface area (Å²) in [7, 11) is 0. The summed E-state index contributed by atoms with van der Waals surface area (Å²) in [6.45, 7) is 0. The predicted octanol–water partition coefficient (Wildman–Crippen LogP) is 4.44. The van der Waals surface area contributed by atoms with Gasteiger partial charge < -0.3 is 0 Å². The van der Waals surface area contributed by atoms with E-state index < -0.39 is 0 Å². The van der Waals surface area contributed by atoms with Gasteiger partial charge >= 0.3 is 0 Å². The molecule has 2 aromatic rings. The predicted molar refractivity (Wildman–Crippen MR) is 103 cm³/mol. The van der Waals surface area contributed by atoms with Crippen LogP contribution in [0.25, 0.3) is 0 Å². The van der Waals surface area contributed by atoms with Crippen LogP contribution in [0.15, 0.2) is 66.7 Å². The van der Waals surface area contributed by atoms with Gasteiger partial charge in [-0.2, -0.15) is 0 Å². The number of nitrogens with zero attached hydrogens (tertiary/aromatic N) is 1. The zero-order valence-corrected chi connectivity index (χ0v) is 15.3. The second-order valence-electron chi connectivity index (χ2n) is 8.26. The molecule has 2 amide bonds. The van der Waals surface area contributed by atoms with Crippen molar-refractivity contribution in [2.45, 2.75) is 12.3 Å². The lowest BCUT2D eigenvalue weighted by atomic mass is 9.85. The fourth-order valence-electron chi connectivity index (χ4n) is 6.19. The van der Waals surface area contributed by atoms with Crippen LogP contribution in [0.3, 0.4) is 0 Å². The molecule has 1 heterocycles. The van der Waals surface area contributed by atoms with Crippen molar-refractivity contribution in [3.05, 3.63) is 77.3 Å². The van der Waals surface area contributed by atoms with Crippen LogP contribution in [0.1, 0.15) is 17.9 Å². The van der Waals surface area contributed by atoms with Crippen molar-refractivity contribution >= 4 is 29.1 Å². The summed E-state index contributed by atoms with van der Waals surface area (Å²) in [4.78, 5) is 27.9. The first kappa shape index (κ1) is 15.6. The summed E-state index contributed by atoms with van der Waals surface area (Å²) >= 11 is 5.96. The SMILES string of the molecule is O=C1[C@H]2[C@H](C(=O)N1c1ccc(Cl)cc1)[C@H]1C=C[C@H]2C12C[C@H]2c1ccccc1. The van der Waals surface area contributed by atoms with Crippen LogP contribution in [0.4, 0.5) is 5.69 Å². The molecule has 2 saturated carbocycles. The van der Waals surface area contributed by atoms with Gasteiger partial charge in [0.05, 0.1) is 17.5 Å². The number of hydrogen-bond acceptors (Lipinski definition) is 2. The van der Waals surface area contributed by atoms with E-state index >= 15 is 0 Å². The molecule has 0 aromatic heterocycles. The molecule has 4 heteroatoms. The lowest BCUT2D eigenvalue weighted by molar-refractivity contribution is -0.123. The second kappa shape index (κ2) is 5.11. The zero-order valence-electron chi connectivity index (χ0n) is 14.6. The van der Waals surface area contributed by atoms with Gasteiger partial charge in [0.2, 0.25) is 11.8 Å². The van der Waals surface area contributed by atoms with Crippen molar-refractivity contribution in [2.24, 2.45) is 29.1 Å². The second-order valence-corrected chi connectivity index (χ2v) is 8.69. The Hall–Kier alpha value is -2.39.